The van der Waals surface area contributed by atoms with Gasteiger partial charge in [-0.1, -0.05) is 39.0 Å². The van der Waals surface area contributed by atoms with Crippen LogP contribution in [0.4, 0.5) is 0 Å². The van der Waals surface area contributed by atoms with Gasteiger partial charge in [-0.3, -0.25) is 9.59 Å². The molecule has 0 spiro atoms. The molecule has 2 fully saturated rings. The van der Waals surface area contributed by atoms with E-state index < -0.39 is 6.04 Å². The van der Waals surface area contributed by atoms with Crippen molar-refractivity contribution in [3.05, 3.63) is 35.9 Å². The largest absolute Gasteiger partial charge is 0.351 e. The fourth-order valence-corrected chi connectivity index (χ4v) is 4.65. The van der Waals surface area contributed by atoms with Gasteiger partial charge in [-0.15, -0.1) is 0 Å². The van der Waals surface area contributed by atoms with Crippen LogP contribution in [0.15, 0.2) is 30.3 Å². The van der Waals surface area contributed by atoms with Crippen molar-refractivity contribution in [3.8, 4) is 0 Å². The van der Waals surface area contributed by atoms with Crippen LogP contribution in [0.3, 0.4) is 0 Å². The molecule has 2 saturated carbocycles. The third-order valence-corrected chi connectivity index (χ3v) is 6.89. The highest BCUT2D eigenvalue weighted by Crippen LogP contribution is 2.65. The van der Waals surface area contributed by atoms with Crippen LogP contribution in [0, 0.1) is 16.7 Å². The first-order valence-electron chi connectivity index (χ1n) is 8.92. The Labute approximate surface area is 144 Å². The molecule has 2 aliphatic rings. The molecule has 2 aliphatic carbocycles. The van der Waals surface area contributed by atoms with Crippen molar-refractivity contribution in [2.45, 2.75) is 59.0 Å². The zero-order valence-electron chi connectivity index (χ0n) is 15.1. The number of nitrogens with one attached hydrogen (secondary N) is 2. The monoisotopic (exact) mass is 328 g/mol. The molecule has 2 amide bonds. The summed E-state index contributed by atoms with van der Waals surface area (Å²) < 4.78 is 0. The number of hydrogen-bond acceptors (Lipinski definition) is 2. The first-order valence-corrected chi connectivity index (χ1v) is 8.92. The third kappa shape index (κ3) is 2.62. The quantitative estimate of drug-likeness (QED) is 0.892. The second kappa shape index (κ2) is 5.91. The molecule has 24 heavy (non-hydrogen) atoms. The Balaban J connectivity index is 1.61. The molecule has 0 saturated heterocycles. The molecule has 4 heteroatoms. The third-order valence-electron chi connectivity index (χ3n) is 6.89. The highest BCUT2D eigenvalue weighted by atomic mass is 16.2. The maximum absolute atomic E-state index is 12.6. The molecular formula is C20H28N2O2. The predicted octanol–water partition coefficient (Wildman–Crippen LogP) is 3.14. The van der Waals surface area contributed by atoms with E-state index in [1.54, 1.807) is 19.1 Å². The summed E-state index contributed by atoms with van der Waals surface area (Å²) in [5.41, 5.74) is 0.989. The minimum Gasteiger partial charge on any atom is -0.351 e. The van der Waals surface area contributed by atoms with Crippen LogP contribution in [0.2, 0.25) is 0 Å². The van der Waals surface area contributed by atoms with E-state index in [1.807, 2.05) is 18.2 Å². The van der Waals surface area contributed by atoms with Crippen LogP contribution < -0.4 is 10.6 Å². The van der Waals surface area contributed by atoms with Crippen molar-refractivity contribution in [3.63, 3.8) is 0 Å². The zero-order valence-corrected chi connectivity index (χ0v) is 15.1. The summed E-state index contributed by atoms with van der Waals surface area (Å²) in [6.07, 6.45) is 3.48. The van der Waals surface area contributed by atoms with Gasteiger partial charge in [0.25, 0.3) is 5.91 Å². The Morgan fingerprint density at radius 2 is 1.83 bits per heavy atom. The van der Waals surface area contributed by atoms with E-state index in [9.17, 15) is 9.59 Å². The molecule has 3 rings (SSSR count). The molecule has 1 aromatic carbocycles. The Morgan fingerprint density at radius 1 is 1.17 bits per heavy atom. The van der Waals surface area contributed by atoms with E-state index in [4.69, 9.17) is 0 Å². The average Bonchev–Trinajstić information content (AvgIpc) is 2.89. The van der Waals surface area contributed by atoms with E-state index in [2.05, 4.69) is 31.4 Å². The van der Waals surface area contributed by atoms with Crippen LogP contribution in [0.25, 0.3) is 0 Å². The van der Waals surface area contributed by atoms with Crippen LogP contribution in [-0.2, 0) is 4.79 Å². The summed E-state index contributed by atoms with van der Waals surface area (Å²) in [6.45, 7) is 8.71. The highest BCUT2D eigenvalue weighted by molar-refractivity contribution is 5.97. The molecule has 0 radical (unpaired) electrons. The minimum atomic E-state index is -0.538. The molecule has 4 unspecified atom stereocenters. The van der Waals surface area contributed by atoms with Gasteiger partial charge < -0.3 is 10.6 Å². The van der Waals surface area contributed by atoms with Gasteiger partial charge in [0.15, 0.2) is 0 Å². The lowest BCUT2D eigenvalue weighted by molar-refractivity contribution is -0.124. The van der Waals surface area contributed by atoms with Crippen molar-refractivity contribution in [2.24, 2.45) is 16.7 Å². The number of hydrogen-bond donors (Lipinski definition) is 2. The summed E-state index contributed by atoms with van der Waals surface area (Å²) in [7, 11) is 0. The lowest BCUT2D eigenvalue weighted by atomic mass is 9.69. The fourth-order valence-electron chi connectivity index (χ4n) is 4.65. The standard InChI is InChI=1S/C20H28N2O2/c1-13(21-18(24)14-8-6-5-7-9-14)17(23)22-16-12-15-10-11-20(16,4)19(15,2)3/h5-9,13,15-16H,10-12H2,1-4H3,(H,21,24)(H,22,23). The molecule has 1 aromatic rings. The predicted molar refractivity (Wildman–Crippen MR) is 94.5 cm³/mol. The SMILES string of the molecule is CC(NC(=O)c1ccccc1)C(=O)NC1CC2CCC1(C)C2(C)C. The summed E-state index contributed by atoms with van der Waals surface area (Å²) in [4.78, 5) is 24.8. The second-order valence-corrected chi connectivity index (χ2v) is 8.23. The van der Waals surface area contributed by atoms with Crippen LogP contribution in [0.5, 0.6) is 0 Å². The van der Waals surface area contributed by atoms with Gasteiger partial charge in [0.1, 0.15) is 6.04 Å². The zero-order chi connectivity index (χ0) is 17.5. The first kappa shape index (κ1) is 17.0. The van der Waals surface area contributed by atoms with E-state index in [1.165, 1.54) is 12.8 Å². The molecule has 4 nitrogen and oxygen atoms in total. The fraction of sp³-hybridized carbons (Fsp3) is 0.600. The van der Waals surface area contributed by atoms with Crippen LogP contribution >= 0.6 is 0 Å². The summed E-state index contributed by atoms with van der Waals surface area (Å²) in [5.74, 6) is 0.383. The summed E-state index contributed by atoms with van der Waals surface area (Å²) in [6, 6.07) is 8.66. The van der Waals surface area contributed by atoms with Gasteiger partial charge in [-0.2, -0.15) is 0 Å². The van der Waals surface area contributed by atoms with Crippen LogP contribution in [0.1, 0.15) is 57.3 Å². The maximum Gasteiger partial charge on any atom is 0.251 e. The highest BCUT2D eigenvalue weighted by Gasteiger charge is 2.61. The molecule has 2 N–H and O–H groups in total. The van der Waals surface area contributed by atoms with Gasteiger partial charge in [-0.25, -0.2) is 0 Å². The van der Waals surface area contributed by atoms with Crippen molar-refractivity contribution in [1.29, 1.82) is 0 Å². The summed E-state index contributed by atoms with van der Waals surface area (Å²) in [5, 5.41) is 6.01. The number of rotatable bonds is 4. The molecule has 0 aliphatic heterocycles. The lowest BCUT2D eigenvalue weighted by Crippen LogP contribution is -2.52. The molecule has 2 bridgehead atoms. The number of fused-ring (bicyclic) bond motifs is 2. The van der Waals surface area contributed by atoms with E-state index in [0.29, 0.717) is 11.5 Å². The Kier molecular flexibility index (Phi) is 4.18. The average molecular weight is 328 g/mol. The van der Waals surface area contributed by atoms with Crippen molar-refractivity contribution < 1.29 is 9.59 Å². The van der Waals surface area contributed by atoms with Gasteiger partial charge in [0, 0.05) is 11.6 Å². The van der Waals surface area contributed by atoms with Gasteiger partial charge in [-0.05, 0) is 55.1 Å². The van der Waals surface area contributed by atoms with Gasteiger partial charge >= 0.3 is 0 Å². The smallest absolute Gasteiger partial charge is 0.251 e. The number of amides is 2. The second-order valence-electron chi connectivity index (χ2n) is 8.23. The van der Waals surface area contributed by atoms with E-state index in [0.717, 1.165) is 6.42 Å². The molecular weight excluding hydrogens is 300 g/mol. The number of benzene rings is 1. The van der Waals surface area contributed by atoms with E-state index >= 15 is 0 Å². The molecule has 0 heterocycles. The topological polar surface area (TPSA) is 58.2 Å². The minimum absolute atomic E-state index is 0.0890. The Morgan fingerprint density at radius 3 is 2.38 bits per heavy atom. The Bertz CT molecular complexity index is 640. The van der Waals surface area contributed by atoms with Crippen molar-refractivity contribution in [1.82, 2.24) is 10.6 Å². The normalized spacial score (nSPS) is 31.5. The first-order chi connectivity index (χ1) is 11.3. The lowest BCUT2D eigenvalue weighted by Gasteiger charge is -2.39. The van der Waals surface area contributed by atoms with Crippen molar-refractivity contribution >= 4 is 11.8 Å². The Hall–Kier alpha value is -1.84. The number of carbonyl (C=O) groups is 2. The van der Waals surface area contributed by atoms with Crippen LogP contribution in [-0.4, -0.2) is 23.9 Å². The van der Waals surface area contributed by atoms with E-state index in [-0.39, 0.29) is 28.7 Å². The molecule has 0 aromatic heterocycles. The maximum atomic E-state index is 12.6. The molecule has 4 atom stereocenters. The molecule has 130 valence electrons. The van der Waals surface area contributed by atoms with Gasteiger partial charge in [0.05, 0.1) is 0 Å². The summed E-state index contributed by atoms with van der Waals surface area (Å²) >= 11 is 0. The number of carbonyl (C=O) groups excluding carboxylic acids is 2. The van der Waals surface area contributed by atoms with Crippen molar-refractivity contribution in [2.75, 3.05) is 0 Å². The van der Waals surface area contributed by atoms with Gasteiger partial charge in [0.2, 0.25) is 5.91 Å².